The van der Waals surface area contributed by atoms with Crippen molar-refractivity contribution in [3.63, 3.8) is 0 Å². The van der Waals surface area contributed by atoms with Crippen LogP contribution in [0.15, 0.2) is 42.5 Å². The number of carbonyl (C=O) groups is 2. The molecule has 2 aliphatic rings. The van der Waals surface area contributed by atoms with Gasteiger partial charge in [0, 0.05) is 24.8 Å². The van der Waals surface area contributed by atoms with Crippen LogP contribution in [0.4, 0.5) is 11.4 Å². The summed E-state index contributed by atoms with van der Waals surface area (Å²) in [5, 5.41) is 3.08. The Labute approximate surface area is 147 Å². The zero-order chi connectivity index (χ0) is 17.4. The van der Waals surface area contributed by atoms with Gasteiger partial charge in [-0.3, -0.25) is 9.59 Å². The molecule has 2 amide bonds. The van der Waals surface area contributed by atoms with Crippen molar-refractivity contribution in [3.05, 3.63) is 59.2 Å². The van der Waals surface area contributed by atoms with E-state index in [9.17, 15) is 9.59 Å². The molecule has 1 aliphatic heterocycles. The minimum Gasteiger partial charge on any atom is -0.326 e. The van der Waals surface area contributed by atoms with Gasteiger partial charge in [0.05, 0.1) is 5.92 Å². The van der Waals surface area contributed by atoms with E-state index in [-0.39, 0.29) is 17.7 Å². The molecule has 1 heterocycles. The van der Waals surface area contributed by atoms with Crippen LogP contribution in [-0.2, 0) is 22.4 Å². The number of anilines is 2. The molecule has 1 atom stereocenters. The predicted octanol–water partition coefficient (Wildman–Crippen LogP) is 3.65. The first-order valence-electron chi connectivity index (χ1n) is 8.93. The van der Waals surface area contributed by atoms with Crippen LogP contribution >= 0.6 is 0 Å². The van der Waals surface area contributed by atoms with E-state index in [2.05, 4.69) is 17.4 Å². The van der Waals surface area contributed by atoms with Crippen LogP contribution in [0.5, 0.6) is 0 Å². The molecule has 25 heavy (non-hydrogen) atoms. The molecule has 128 valence electrons. The Hall–Kier alpha value is -2.62. The van der Waals surface area contributed by atoms with E-state index in [0.717, 1.165) is 54.7 Å². The number of hydrogen-bond acceptors (Lipinski definition) is 2. The third kappa shape index (κ3) is 2.93. The minimum absolute atomic E-state index is 0.0634. The standard InChI is InChI=1S/C21H22N2O2/c1-14(24)23-12-11-16-13-17(9-10-20(16)23)22-21(25)19-8-4-6-15-5-2-3-7-18(15)19/h2-3,5,7,9-10,13,19H,4,6,8,11-12H2,1H3,(H,22,25). The second-order valence-corrected chi connectivity index (χ2v) is 6.90. The molecule has 4 heteroatoms. The van der Waals surface area contributed by atoms with Gasteiger partial charge in [-0.15, -0.1) is 0 Å². The highest BCUT2D eigenvalue weighted by Gasteiger charge is 2.27. The van der Waals surface area contributed by atoms with Gasteiger partial charge in [-0.25, -0.2) is 0 Å². The van der Waals surface area contributed by atoms with Crippen LogP contribution in [0.2, 0.25) is 0 Å². The Kier molecular flexibility index (Phi) is 4.04. The average molecular weight is 334 g/mol. The van der Waals surface area contributed by atoms with Gasteiger partial charge in [0.2, 0.25) is 11.8 Å². The lowest BCUT2D eigenvalue weighted by Crippen LogP contribution is -2.26. The third-order valence-electron chi connectivity index (χ3n) is 5.31. The predicted molar refractivity (Wildman–Crippen MR) is 98.9 cm³/mol. The van der Waals surface area contributed by atoms with Crippen LogP contribution in [-0.4, -0.2) is 18.4 Å². The maximum absolute atomic E-state index is 12.8. The molecule has 0 saturated carbocycles. The Morgan fingerprint density at radius 3 is 2.76 bits per heavy atom. The highest BCUT2D eigenvalue weighted by molar-refractivity contribution is 5.98. The summed E-state index contributed by atoms with van der Waals surface area (Å²) in [6.45, 7) is 2.31. The minimum atomic E-state index is -0.0769. The number of fused-ring (bicyclic) bond motifs is 2. The fraction of sp³-hybridized carbons (Fsp3) is 0.333. The first-order valence-corrected chi connectivity index (χ1v) is 8.93. The van der Waals surface area contributed by atoms with Gasteiger partial charge < -0.3 is 10.2 Å². The van der Waals surface area contributed by atoms with Gasteiger partial charge in [-0.2, -0.15) is 0 Å². The third-order valence-corrected chi connectivity index (χ3v) is 5.31. The van der Waals surface area contributed by atoms with Crippen molar-refractivity contribution in [2.24, 2.45) is 0 Å². The Morgan fingerprint density at radius 1 is 1.08 bits per heavy atom. The summed E-state index contributed by atoms with van der Waals surface area (Å²) in [5.74, 6) is 0.0507. The highest BCUT2D eigenvalue weighted by Crippen LogP contribution is 2.34. The molecule has 0 fully saturated rings. The van der Waals surface area contributed by atoms with Crippen LogP contribution < -0.4 is 10.2 Å². The fourth-order valence-electron chi connectivity index (χ4n) is 4.06. The fourth-order valence-corrected chi connectivity index (χ4v) is 4.06. The van der Waals surface area contributed by atoms with Gasteiger partial charge in [0.15, 0.2) is 0 Å². The van der Waals surface area contributed by atoms with Gasteiger partial charge in [-0.05, 0) is 60.6 Å². The molecule has 2 aromatic carbocycles. The van der Waals surface area contributed by atoms with Crippen molar-refractivity contribution in [1.82, 2.24) is 0 Å². The summed E-state index contributed by atoms with van der Waals surface area (Å²) >= 11 is 0. The number of nitrogens with one attached hydrogen (secondary N) is 1. The van der Waals surface area contributed by atoms with Gasteiger partial charge in [0.25, 0.3) is 0 Å². The molecule has 0 bridgehead atoms. The topological polar surface area (TPSA) is 49.4 Å². The number of benzene rings is 2. The molecular formula is C21H22N2O2. The number of nitrogens with zero attached hydrogens (tertiary/aromatic N) is 1. The van der Waals surface area contributed by atoms with E-state index < -0.39 is 0 Å². The normalized spacial score (nSPS) is 18.4. The summed E-state index contributed by atoms with van der Waals surface area (Å²) in [6.07, 6.45) is 3.84. The summed E-state index contributed by atoms with van der Waals surface area (Å²) < 4.78 is 0. The highest BCUT2D eigenvalue weighted by atomic mass is 16.2. The molecule has 0 radical (unpaired) electrons. The van der Waals surface area contributed by atoms with Crippen molar-refractivity contribution in [2.45, 2.75) is 38.5 Å². The Morgan fingerprint density at radius 2 is 1.92 bits per heavy atom. The second kappa shape index (κ2) is 6.36. The van der Waals surface area contributed by atoms with Crippen LogP contribution in [0.1, 0.15) is 42.4 Å². The molecule has 2 aromatic rings. The first kappa shape index (κ1) is 15.9. The summed E-state index contributed by atoms with van der Waals surface area (Å²) in [4.78, 5) is 26.3. The SMILES string of the molecule is CC(=O)N1CCc2cc(NC(=O)C3CCCc4ccccc43)ccc21. The van der Waals surface area contributed by atoms with Gasteiger partial charge in [0.1, 0.15) is 0 Å². The molecule has 4 rings (SSSR count). The quantitative estimate of drug-likeness (QED) is 0.911. The monoisotopic (exact) mass is 334 g/mol. The Balaban J connectivity index is 1.54. The summed E-state index contributed by atoms with van der Waals surface area (Å²) in [5.41, 5.74) is 5.36. The van der Waals surface area contributed by atoms with E-state index in [1.807, 2.05) is 30.3 Å². The van der Waals surface area contributed by atoms with E-state index in [1.165, 1.54) is 5.56 Å². The van der Waals surface area contributed by atoms with E-state index >= 15 is 0 Å². The molecule has 0 aromatic heterocycles. The molecule has 4 nitrogen and oxygen atoms in total. The lowest BCUT2D eigenvalue weighted by Gasteiger charge is -2.24. The molecule has 1 unspecified atom stereocenters. The smallest absolute Gasteiger partial charge is 0.231 e. The van der Waals surface area contributed by atoms with E-state index in [1.54, 1.807) is 11.8 Å². The second-order valence-electron chi connectivity index (χ2n) is 6.90. The maximum Gasteiger partial charge on any atom is 0.231 e. The lowest BCUT2D eigenvalue weighted by molar-refractivity contribution is -0.118. The molecule has 0 saturated heterocycles. The van der Waals surface area contributed by atoms with Gasteiger partial charge in [-0.1, -0.05) is 24.3 Å². The van der Waals surface area contributed by atoms with Crippen molar-refractivity contribution in [2.75, 3.05) is 16.8 Å². The largest absolute Gasteiger partial charge is 0.326 e. The van der Waals surface area contributed by atoms with Gasteiger partial charge >= 0.3 is 0 Å². The summed E-state index contributed by atoms with van der Waals surface area (Å²) in [7, 11) is 0. The number of hydrogen-bond donors (Lipinski definition) is 1. The summed E-state index contributed by atoms with van der Waals surface area (Å²) in [6, 6.07) is 14.1. The van der Waals surface area contributed by atoms with Crippen LogP contribution in [0, 0.1) is 0 Å². The zero-order valence-electron chi connectivity index (χ0n) is 14.4. The average Bonchev–Trinajstić information content (AvgIpc) is 3.04. The van der Waals surface area contributed by atoms with Crippen molar-refractivity contribution in [1.29, 1.82) is 0 Å². The van der Waals surface area contributed by atoms with Crippen LogP contribution in [0.25, 0.3) is 0 Å². The van der Waals surface area contributed by atoms with Crippen molar-refractivity contribution < 1.29 is 9.59 Å². The van der Waals surface area contributed by atoms with Crippen molar-refractivity contribution >= 4 is 23.2 Å². The molecule has 0 spiro atoms. The number of aryl methyl sites for hydroxylation is 1. The molecule has 1 aliphatic carbocycles. The number of rotatable bonds is 2. The zero-order valence-corrected chi connectivity index (χ0v) is 14.4. The molecular weight excluding hydrogens is 312 g/mol. The van der Waals surface area contributed by atoms with Crippen molar-refractivity contribution in [3.8, 4) is 0 Å². The van der Waals surface area contributed by atoms with E-state index in [4.69, 9.17) is 0 Å². The Bertz CT molecular complexity index is 844. The van der Waals surface area contributed by atoms with E-state index in [0.29, 0.717) is 0 Å². The number of carbonyl (C=O) groups excluding carboxylic acids is 2. The molecule has 1 N–H and O–H groups in total. The number of amides is 2. The van der Waals surface area contributed by atoms with Crippen LogP contribution in [0.3, 0.4) is 0 Å². The lowest BCUT2D eigenvalue weighted by atomic mass is 9.82. The first-order chi connectivity index (χ1) is 12.1. The maximum atomic E-state index is 12.8.